The molecule has 0 radical (unpaired) electrons. The molecular formula is C48H51ClN6O7S2. The summed E-state index contributed by atoms with van der Waals surface area (Å²) in [5.41, 5.74) is 1.19. The molecule has 2 aliphatic rings. The first kappa shape index (κ1) is 46.2. The number of carbonyl (C=O) groups excluding carboxylic acids is 1. The monoisotopic (exact) mass is 922 g/mol. The van der Waals surface area contributed by atoms with Gasteiger partial charge in [-0.05, 0) is 106 Å². The van der Waals surface area contributed by atoms with Gasteiger partial charge >= 0.3 is 0 Å². The minimum absolute atomic E-state index is 0. The van der Waals surface area contributed by atoms with Crippen molar-refractivity contribution in [1.82, 2.24) is 30.6 Å². The molecule has 2 aliphatic heterocycles. The van der Waals surface area contributed by atoms with Crippen molar-refractivity contribution in [3.63, 3.8) is 0 Å². The topological polar surface area (TPSA) is 176 Å². The molecule has 2 atom stereocenters. The number of nitrogens with zero attached hydrogens (tertiary/aromatic N) is 3. The Hall–Kier alpha value is -5.84. The summed E-state index contributed by atoms with van der Waals surface area (Å²) in [7, 11) is -7.57. The van der Waals surface area contributed by atoms with Crippen molar-refractivity contribution in [3.8, 4) is 11.5 Å². The minimum atomic E-state index is -3.79. The van der Waals surface area contributed by atoms with E-state index in [1.807, 2.05) is 72.8 Å². The quantitative estimate of drug-likeness (QED) is 0.126. The zero-order chi connectivity index (χ0) is 44.3. The standard InChI is InChI=1S/C24H25N3O3S.C21H19N3O3S.C3H6O.ClH/c1-16(2)27-13-12-19(15-27)30-18-10-11-22-21(14-18)24(26-25-22)31(28,29)23-9-5-7-17-6-3-4-8-20(17)23;25-28(26,20-7-3-5-14-4-1-2-6-17(14)20)21-18-12-15(8-9-19(18)23-24-21)27-16-10-11-22-13-16;1-3(2)4;/h3-11,14,16,19H,12-13,15H2,1-2H3,(H,25,26);1-9,12,16,22H,10-11,13H2,(H,23,24);1-2H3;1H. The predicted molar refractivity (Wildman–Crippen MR) is 252 cm³/mol. The number of likely N-dealkylation sites (tertiary alicyclic amines) is 1. The minimum Gasteiger partial charge on any atom is -0.489 e. The van der Waals surface area contributed by atoms with Crippen LogP contribution in [0, 0.1) is 0 Å². The maximum atomic E-state index is 13.6. The Bertz CT molecular complexity index is 3150. The second-order valence-electron chi connectivity index (χ2n) is 16.2. The van der Waals surface area contributed by atoms with E-state index in [1.54, 1.807) is 48.5 Å². The zero-order valence-corrected chi connectivity index (χ0v) is 38.4. The van der Waals surface area contributed by atoms with Crippen LogP contribution < -0.4 is 14.8 Å². The number of aromatic amines is 2. The largest absolute Gasteiger partial charge is 0.489 e. The Morgan fingerprint density at radius 2 is 1.11 bits per heavy atom. The predicted octanol–water partition coefficient (Wildman–Crippen LogP) is 8.72. The van der Waals surface area contributed by atoms with E-state index in [4.69, 9.17) is 9.47 Å². The van der Waals surface area contributed by atoms with E-state index < -0.39 is 19.7 Å². The summed E-state index contributed by atoms with van der Waals surface area (Å²) in [5, 5.41) is 21.6. The van der Waals surface area contributed by atoms with E-state index in [0.717, 1.165) is 49.8 Å². The van der Waals surface area contributed by atoms with Crippen LogP contribution in [0.25, 0.3) is 43.4 Å². The fraction of sp³-hybridized carbons (Fsp3) is 0.271. The molecule has 0 saturated carbocycles. The highest BCUT2D eigenvalue weighted by molar-refractivity contribution is 7.92. The molecule has 2 aromatic heterocycles. The summed E-state index contributed by atoms with van der Waals surface area (Å²) in [4.78, 5) is 12.4. The van der Waals surface area contributed by atoms with E-state index in [1.165, 1.54) is 13.8 Å². The Morgan fingerprint density at radius 3 is 1.56 bits per heavy atom. The van der Waals surface area contributed by atoms with Crippen LogP contribution in [0.5, 0.6) is 11.5 Å². The number of H-pyrrole nitrogens is 2. The zero-order valence-electron chi connectivity index (χ0n) is 35.9. The third-order valence-corrected chi connectivity index (χ3v) is 14.7. The van der Waals surface area contributed by atoms with Crippen molar-refractivity contribution in [2.45, 2.75) is 78.6 Å². The number of sulfone groups is 2. The fourth-order valence-corrected chi connectivity index (χ4v) is 11.1. The maximum absolute atomic E-state index is 13.6. The van der Waals surface area contributed by atoms with Gasteiger partial charge in [-0.2, -0.15) is 10.2 Å². The van der Waals surface area contributed by atoms with E-state index in [9.17, 15) is 21.6 Å². The Kier molecular flexibility index (Phi) is 14.1. The van der Waals surface area contributed by atoms with Gasteiger partial charge in [-0.15, -0.1) is 12.4 Å². The number of Topliss-reactive ketones (excluding diaryl/α,β-unsaturated/α-hetero) is 1. The normalized spacial score (nSPS) is 16.6. The molecule has 2 fully saturated rings. The highest BCUT2D eigenvalue weighted by atomic mass is 35.5. The van der Waals surface area contributed by atoms with Gasteiger partial charge in [0.2, 0.25) is 19.7 Å². The molecule has 2 unspecified atom stereocenters. The molecule has 8 aromatic rings. The molecule has 0 amide bonds. The van der Waals surface area contributed by atoms with Gasteiger partial charge in [0.15, 0.2) is 10.1 Å². The van der Waals surface area contributed by atoms with Crippen molar-refractivity contribution < 1.29 is 31.1 Å². The number of rotatable bonds is 9. The molecule has 6 aromatic carbocycles. The highest BCUT2D eigenvalue weighted by Gasteiger charge is 2.29. The Labute approximate surface area is 378 Å². The molecule has 64 heavy (non-hydrogen) atoms. The smallest absolute Gasteiger partial charge is 0.224 e. The van der Waals surface area contributed by atoms with Gasteiger partial charge in [-0.1, -0.05) is 72.8 Å². The van der Waals surface area contributed by atoms with Crippen LogP contribution in [-0.4, -0.2) is 92.3 Å². The van der Waals surface area contributed by atoms with Crippen LogP contribution in [0.4, 0.5) is 0 Å². The lowest BCUT2D eigenvalue weighted by molar-refractivity contribution is -0.115. The van der Waals surface area contributed by atoms with E-state index >= 15 is 0 Å². The number of carbonyl (C=O) groups is 1. The molecule has 16 heteroatoms. The first-order valence-corrected chi connectivity index (χ1v) is 23.9. The third kappa shape index (κ3) is 9.78. The van der Waals surface area contributed by atoms with E-state index in [0.29, 0.717) is 50.1 Å². The van der Waals surface area contributed by atoms with Crippen LogP contribution in [0.15, 0.2) is 141 Å². The highest BCUT2D eigenvalue weighted by Crippen LogP contribution is 2.35. The lowest BCUT2D eigenvalue weighted by Crippen LogP contribution is -2.30. The number of hydrogen-bond donors (Lipinski definition) is 3. The van der Waals surface area contributed by atoms with Crippen LogP contribution in [0.1, 0.15) is 40.5 Å². The van der Waals surface area contributed by atoms with Crippen molar-refractivity contribution in [2.24, 2.45) is 0 Å². The molecule has 3 N–H and O–H groups in total. The molecular weight excluding hydrogens is 872 g/mol. The Balaban J connectivity index is 0.000000175. The molecule has 2 saturated heterocycles. The molecule has 0 bridgehead atoms. The van der Waals surface area contributed by atoms with Gasteiger partial charge in [0.05, 0.1) is 20.8 Å². The summed E-state index contributed by atoms with van der Waals surface area (Å²) in [5.74, 6) is 1.48. The van der Waals surface area contributed by atoms with Crippen molar-refractivity contribution in [1.29, 1.82) is 0 Å². The lowest BCUT2D eigenvalue weighted by atomic mass is 10.1. The van der Waals surface area contributed by atoms with Crippen LogP contribution in [0.2, 0.25) is 0 Å². The molecule has 0 spiro atoms. The fourth-order valence-electron chi connectivity index (χ4n) is 8.00. The van der Waals surface area contributed by atoms with Crippen LogP contribution in [-0.2, 0) is 24.5 Å². The van der Waals surface area contributed by atoms with Crippen LogP contribution >= 0.6 is 12.4 Å². The molecule has 0 aliphatic carbocycles. The number of hydrogen-bond acceptors (Lipinski definition) is 11. The van der Waals surface area contributed by atoms with Crippen molar-refractivity contribution in [3.05, 3.63) is 121 Å². The average Bonchev–Trinajstić information content (AvgIpc) is 4.11. The van der Waals surface area contributed by atoms with Gasteiger partial charge in [-0.3, -0.25) is 15.1 Å². The first-order chi connectivity index (χ1) is 30.3. The van der Waals surface area contributed by atoms with E-state index in [2.05, 4.69) is 44.5 Å². The molecule has 10 rings (SSSR count). The van der Waals surface area contributed by atoms with Gasteiger partial charge < -0.3 is 19.6 Å². The second kappa shape index (κ2) is 19.5. The number of nitrogens with one attached hydrogen (secondary N) is 3. The summed E-state index contributed by atoms with van der Waals surface area (Å²) in [6.45, 7) is 11.0. The summed E-state index contributed by atoms with van der Waals surface area (Å²) >= 11 is 0. The number of halogens is 1. The summed E-state index contributed by atoms with van der Waals surface area (Å²) in [6.07, 6.45) is 2.10. The van der Waals surface area contributed by atoms with Crippen molar-refractivity contribution in [2.75, 3.05) is 26.2 Å². The van der Waals surface area contributed by atoms with Gasteiger partial charge in [0.1, 0.15) is 29.5 Å². The summed E-state index contributed by atoms with van der Waals surface area (Å²) < 4.78 is 66.3. The first-order valence-electron chi connectivity index (χ1n) is 21.0. The Morgan fingerprint density at radius 1 is 0.641 bits per heavy atom. The number of fused-ring (bicyclic) bond motifs is 4. The number of aromatic nitrogens is 4. The van der Waals surface area contributed by atoms with Gasteiger partial charge in [0.25, 0.3) is 0 Å². The lowest BCUT2D eigenvalue weighted by Gasteiger charge is -2.20. The number of ketones is 1. The molecule has 334 valence electrons. The second-order valence-corrected chi connectivity index (χ2v) is 19.9. The number of ether oxygens (including phenoxy) is 2. The average molecular weight is 924 g/mol. The molecule has 13 nitrogen and oxygen atoms in total. The number of benzene rings is 6. The summed E-state index contributed by atoms with van der Waals surface area (Å²) in [6, 6.07) is 36.9. The SMILES string of the molecule is CC(C)=O.CC(C)N1CCC(Oc2ccc3n[nH]c(S(=O)(=O)c4cccc5ccccc45)c3c2)C1.Cl.O=S(=O)(c1cccc2ccccc12)c1[nH]nc2ccc(OC3CCNC3)cc12. The van der Waals surface area contributed by atoms with Gasteiger partial charge in [0, 0.05) is 47.2 Å². The maximum Gasteiger partial charge on any atom is 0.224 e. The van der Waals surface area contributed by atoms with Gasteiger partial charge in [-0.25, -0.2) is 16.8 Å². The van der Waals surface area contributed by atoms with E-state index in [-0.39, 0.29) is 50.2 Å². The molecule has 4 heterocycles. The third-order valence-electron chi connectivity index (χ3n) is 11.1. The van der Waals surface area contributed by atoms with Crippen molar-refractivity contribution >= 4 is 81.2 Å². The van der Waals surface area contributed by atoms with Crippen LogP contribution in [0.3, 0.4) is 0 Å².